The predicted molar refractivity (Wildman–Crippen MR) is 81.3 cm³/mol. The zero-order valence-corrected chi connectivity index (χ0v) is 12.3. The number of carbonyl (C=O) groups excluding carboxylic acids is 1. The van der Waals surface area contributed by atoms with Crippen molar-refractivity contribution in [2.75, 3.05) is 37.0 Å². The van der Waals surface area contributed by atoms with Crippen molar-refractivity contribution in [1.29, 1.82) is 0 Å². The van der Waals surface area contributed by atoms with Crippen LogP contribution in [0.1, 0.15) is 13.8 Å². The molecule has 1 aliphatic rings. The number of hydrogen-bond donors (Lipinski definition) is 2. The summed E-state index contributed by atoms with van der Waals surface area (Å²) in [5, 5.41) is 6.27. The number of benzene rings is 1. The number of urea groups is 1. The third kappa shape index (κ3) is 3.42. The first-order valence-electron chi connectivity index (χ1n) is 7.02. The Morgan fingerprint density at radius 3 is 2.55 bits per heavy atom. The minimum Gasteiger partial charge on any atom is -0.383 e. The maximum atomic E-state index is 11.6. The molecule has 1 heterocycles. The Morgan fingerprint density at radius 2 is 2.05 bits per heavy atom. The first-order chi connectivity index (χ1) is 9.61. The van der Waals surface area contributed by atoms with E-state index in [2.05, 4.69) is 24.5 Å². The molecule has 1 aliphatic heterocycles. The first kappa shape index (κ1) is 14.7. The maximum Gasteiger partial charge on any atom is 0.321 e. The summed E-state index contributed by atoms with van der Waals surface area (Å²) < 4.78 is 5.23. The van der Waals surface area contributed by atoms with Gasteiger partial charge in [-0.2, -0.15) is 0 Å². The molecule has 1 saturated heterocycles. The summed E-state index contributed by atoms with van der Waals surface area (Å²) >= 11 is 0. The van der Waals surface area contributed by atoms with Crippen LogP contribution >= 0.6 is 0 Å². The second-order valence-corrected chi connectivity index (χ2v) is 5.38. The maximum absolute atomic E-state index is 11.6. The Hall–Kier alpha value is -1.75. The molecule has 2 amide bonds. The van der Waals surface area contributed by atoms with Crippen LogP contribution in [0.4, 0.5) is 16.2 Å². The predicted octanol–water partition coefficient (Wildman–Crippen LogP) is 2.30. The van der Waals surface area contributed by atoms with E-state index in [-0.39, 0.29) is 12.1 Å². The number of carbonyl (C=O) groups is 1. The number of nitrogens with one attached hydrogen (secondary N) is 2. The van der Waals surface area contributed by atoms with Gasteiger partial charge in [-0.3, -0.25) is 4.90 Å². The minimum absolute atomic E-state index is 0.0230. The molecule has 5 nitrogen and oxygen atoms in total. The standard InChI is InChI=1S/C15H23N3O2/c1-11(2)14(10-20-3)17-12-4-6-13(7-5-12)18-9-8-16-15(18)19/h4-7,11,14,17H,8-10H2,1-3H3,(H,16,19). The SMILES string of the molecule is COCC(Nc1ccc(N2CCNC2=O)cc1)C(C)C. The van der Waals surface area contributed by atoms with Crippen molar-refractivity contribution in [3.63, 3.8) is 0 Å². The Morgan fingerprint density at radius 1 is 1.35 bits per heavy atom. The Labute approximate surface area is 120 Å². The fourth-order valence-corrected chi connectivity index (χ4v) is 2.25. The summed E-state index contributed by atoms with van der Waals surface area (Å²) in [5.41, 5.74) is 1.97. The topological polar surface area (TPSA) is 53.6 Å². The van der Waals surface area contributed by atoms with Crippen molar-refractivity contribution in [2.24, 2.45) is 5.92 Å². The highest BCUT2D eigenvalue weighted by atomic mass is 16.5. The molecule has 0 bridgehead atoms. The monoisotopic (exact) mass is 277 g/mol. The van der Waals surface area contributed by atoms with Crippen LogP contribution in [0.5, 0.6) is 0 Å². The van der Waals surface area contributed by atoms with Crippen LogP contribution in [-0.2, 0) is 4.74 Å². The van der Waals surface area contributed by atoms with E-state index in [1.54, 1.807) is 12.0 Å². The Kier molecular flexibility index (Phi) is 4.84. The lowest BCUT2D eigenvalue weighted by Crippen LogP contribution is -2.30. The quantitative estimate of drug-likeness (QED) is 0.839. The second-order valence-electron chi connectivity index (χ2n) is 5.38. The van der Waals surface area contributed by atoms with E-state index in [9.17, 15) is 4.79 Å². The number of nitrogens with zero attached hydrogens (tertiary/aromatic N) is 1. The highest BCUT2D eigenvalue weighted by molar-refractivity contribution is 5.94. The molecule has 1 aromatic rings. The van der Waals surface area contributed by atoms with Gasteiger partial charge in [0.1, 0.15) is 0 Å². The molecule has 0 radical (unpaired) electrons. The van der Waals surface area contributed by atoms with Crippen molar-refractivity contribution < 1.29 is 9.53 Å². The largest absolute Gasteiger partial charge is 0.383 e. The van der Waals surface area contributed by atoms with E-state index in [0.717, 1.165) is 17.9 Å². The van der Waals surface area contributed by atoms with Crippen LogP contribution in [0.15, 0.2) is 24.3 Å². The molecule has 0 aromatic heterocycles. The molecule has 110 valence electrons. The molecular formula is C15H23N3O2. The molecule has 2 N–H and O–H groups in total. The van der Waals surface area contributed by atoms with Gasteiger partial charge in [-0.15, -0.1) is 0 Å². The van der Waals surface area contributed by atoms with Gasteiger partial charge in [0.15, 0.2) is 0 Å². The van der Waals surface area contributed by atoms with E-state index in [4.69, 9.17) is 4.74 Å². The lowest BCUT2D eigenvalue weighted by atomic mass is 10.0. The molecule has 0 saturated carbocycles. The van der Waals surface area contributed by atoms with Gasteiger partial charge in [0.2, 0.25) is 0 Å². The normalized spacial score (nSPS) is 16.4. The molecule has 5 heteroatoms. The lowest BCUT2D eigenvalue weighted by molar-refractivity contribution is 0.171. The van der Waals surface area contributed by atoms with Crippen LogP contribution in [0.25, 0.3) is 0 Å². The van der Waals surface area contributed by atoms with Gasteiger partial charge in [-0.25, -0.2) is 4.79 Å². The van der Waals surface area contributed by atoms with Gasteiger partial charge in [-0.1, -0.05) is 13.8 Å². The van der Waals surface area contributed by atoms with Gasteiger partial charge >= 0.3 is 6.03 Å². The second kappa shape index (κ2) is 6.61. The number of ether oxygens (including phenoxy) is 1. The van der Waals surface area contributed by atoms with Gasteiger partial charge < -0.3 is 15.4 Å². The summed E-state index contributed by atoms with van der Waals surface area (Å²) in [4.78, 5) is 13.3. The molecule has 0 spiro atoms. The van der Waals surface area contributed by atoms with E-state index >= 15 is 0 Å². The third-order valence-electron chi connectivity index (χ3n) is 3.54. The number of rotatable bonds is 6. The molecule has 1 fully saturated rings. The molecular weight excluding hydrogens is 254 g/mol. The lowest BCUT2D eigenvalue weighted by Gasteiger charge is -2.23. The number of methoxy groups -OCH3 is 1. The van der Waals surface area contributed by atoms with E-state index < -0.39 is 0 Å². The highest BCUT2D eigenvalue weighted by Gasteiger charge is 2.21. The van der Waals surface area contributed by atoms with Crippen molar-refractivity contribution >= 4 is 17.4 Å². The summed E-state index contributed by atoms with van der Waals surface area (Å²) in [6, 6.07) is 8.21. The zero-order valence-electron chi connectivity index (χ0n) is 12.3. The van der Waals surface area contributed by atoms with Gasteiger partial charge in [0, 0.05) is 31.6 Å². The Balaban J connectivity index is 2.02. The van der Waals surface area contributed by atoms with E-state index in [1.165, 1.54) is 0 Å². The summed E-state index contributed by atoms with van der Waals surface area (Å²) in [7, 11) is 1.71. The molecule has 20 heavy (non-hydrogen) atoms. The van der Waals surface area contributed by atoms with Crippen molar-refractivity contribution in [2.45, 2.75) is 19.9 Å². The van der Waals surface area contributed by atoms with Crippen LogP contribution in [0, 0.1) is 5.92 Å². The van der Waals surface area contributed by atoms with Crippen molar-refractivity contribution in [1.82, 2.24) is 5.32 Å². The Bertz CT molecular complexity index is 445. The summed E-state index contributed by atoms with van der Waals surface area (Å²) in [6.45, 7) is 6.44. The van der Waals surface area contributed by atoms with Crippen LogP contribution < -0.4 is 15.5 Å². The van der Waals surface area contributed by atoms with E-state index in [0.29, 0.717) is 19.1 Å². The number of anilines is 2. The minimum atomic E-state index is -0.0230. The van der Waals surface area contributed by atoms with Crippen molar-refractivity contribution in [3.8, 4) is 0 Å². The van der Waals surface area contributed by atoms with E-state index in [1.807, 2.05) is 24.3 Å². The van der Waals surface area contributed by atoms with Gasteiger partial charge in [-0.05, 0) is 30.2 Å². The number of amides is 2. The fraction of sp³-hybridized carbons (Fsp3) is 0.533. The third-order valence-corrected chi connectivity index (χ3v) is 3.54. The molecule has 1 aromatic carbocycles. The van der Waals surface area contributed by atoms with Crippen molar-refractivity contribution in [3.05, 3.63) is 24.3 Å². The molecule has 2 rings (SSSR count). The summed E-state index contributed by atoms with van der Waals surface area (Å²) in [6.07, 6.45) is 0. The number of hydrogen-bond acceptors (Lipinski definition) is 3. The molecule has 0 aliphatic carbocycles. The van der Waals surface area contributed by atoms with Crippen LogP contribution in [0.2, 0.25) is 0 Å². The highest BCUT2D eigenvalue weighted by Crippen LogP contribution is 2.21. The van der Waals surface area contributed by atoms with Gasteiger partial charge in [0.25, 0.3) is 0 Å². The molecule has 1 atom stereocenters. The average Bonchev–Trinajstić information content (AvgIpc) is 2.85. The fourth-order valence-electron chi connectivity index (χ4n) is 2.25. The summed E-state index contributed by atoms with van der Waals surface area (Å²) in [5.74, 6) is 0.485. The van der Waals surface area contributed by atoms with Crippen LogP contribution in [0.3, 0.4) is 0 Å². The average molecular weight is 277 g/mol. The zero-order chi connectivity index (χ0) is 14.5. The molecule has 1 unspecified atom stereocenters. The smallest absolute Gasteiger partial charge is 0.321 e. The van der Waals surface area contributed by atoms with Crippen LogP contribution in [-0.4, -0.2) is 38.9 Å². The van der Waals surface area contributed by atoms with Gasteiger partial charge in [0.05, 0.1) is 12.6 Å². The first-order valence-corrected chi connectivity index (χ1v) is 7.02.